The highest BCUT2D eigenvalue weighted by atomic mass is 32.2. The first-order valence-corrected chi connectivity index (χ1v) is 22.3. The van der Waals surface area contributed by atoms with Crippen molar-refractivity contribution in [2.45, 2.75) is 146 Å². The molecule has 3 N–H and O–H groups in total. The minimum Gasteiger partial charge on any atom is -0.497 e. The van der Waals surface area contributed by atoms with E-state index in [9.17, 15) is 32.0 Å². The minimum absolute atomic E-state index is 0.0819. The zero-order chi connectivity index (χ0) is 41.7. The number of alkyl carbamates (subject to hydrolysis) is 1. The molecule has 2 aliphatic heterocycles. The van der Waals surface area contributed by atoms with E-state index >= 15 is 0 Å². The van der Waals surface area contributed by atoms with Crippen LogP contribution in [0.1, 0.15) is 105 Å². The van der Waals surface area contributed by atoms with E-state index in [-0.39, 0.29) is 43.7 Å². The van der Waals surface area contributed by atoms with Crippen LogP contribution in [-0.4, -0.2) is 102 Å². The van der Waals surface area contributed by atoms with E-state index < -0.39 is 86.2 Å². The molecule has 9 atom stereocenters. The van der Waals surface area contributed by atoms with Gasteiger partial charge < -0.3 is 29.7 Å². The lowest BCUT2D eigenvalue weighted by Crippen LogP contribution is -2.61. The van der Waals surface area contributed by atoms with E-state index in [1.165, 1.54) is 11.8 Å². The molecule has 17 heteroatoms. The van der Waals surface area contributed by atoms with Gasteiger partial charge in [0.05, 0.1) is 36.1 Å². The predicted octanol–water partition coefficient (Wildman–Crippen LogP) is 4.50. The fourth-order valence-electron chi connectivity index (χ4n) is 8.52. The normalized spacial score (nSPS) is 30.9. The first-order valence-electron chi connectivity index (χ1n) is 20.7. The number of nitrogens with zero attached hydrogens (tertiary/aromatic N) is 3. The molecular weight excluding hydrogens is 772 g/mol. The zero-order valence-electron chi connectivity index (χ0n) is 34.2. The molecule has 4 fully saturated rings. The summed E-state index contributed by atoms with van der Waals surface area (Å²) in [6.07, 6.45) is 3.24. The Morgan fingerprint density at radius 1 is 1.09 bits per heavy atom. The van der Waals surface area contributed by atoms with Gasteiger partial charge in [0.25, 0.3) is 5.91 Å². The molecule has 7 rings (SSSR count). The number of aryl methyl sites for hydroxylation is 1. The maximum absolute atomic E-state index is 14.8. The number of alkyl halides is 1. The summed E-state index contributed by atoms with van der Waals surface area (Å²) in [6, 6.07) is 3.06. The summed E-state index contributed by atoms with van der Waals surface area (Å²) in [7, 11) is -2.41. The summed E-state index contributed by atoms with van der Waals surface area (Å²) in [5, 5.41) is 4.98. The van der Waals surface area contributed by atoms with Crippen molar-refractivity contribution >= 4 is 44.9 Å². The summed E-state index contributed by atoms with van der Waals surface area (Å²) in [5.41, 5.74) is -0.619. The predicted molar refractivity (Wildman–Crippen MR) is 211 cm³/mol. The number of carbonyl (C=O) groups excluding carboxylic acids is 4. The summed E-state index contributed by atoms with van der Waals surface area (Å²) >= 11 is 0. The van der Waals surface area contributed by atoms with Crippen LogP contribution in [0.2, 0.25) is 0 Å². The lowest BCUT2D eigenvalue weighted by molar-refractivity contribution is -0.143. The lowest BCUT2D eigenvalue weighted by Gasteiger charge is -2.36. The average molecular weight is 829 g/mol. The number of benzene rings is 1. The van der Waals surface area contributed by atoms with E-state index in [1.807, 2.05) is 12.1 Å². The van der Waals surface area contributed by atoms with Crippen LogP contribution in [0.15, 0.2) is 18.2 Å². The van der Waals surface area contributed by atoms with Gasteiger partial charge in [0.2, 0.25) is 27.7 Å². The van der Waals surface area contributed by atoms with E-state index in [2.05, 4.69) is 15.4 Å². The Morgan fingerprint density at radius 2 is 1.84 bits per heavy atom. The van der Waals surface area contributed by atoms with E-state index in [1.54, 1.807) is 40.9 Å². The molecule has 4 amide bonds. The van der Waals surface area contributed by atoms with Crippen LogP contribution >= 0.6 is 0 Å². The average Bonchev–Trinajstić information content (AvgIpc) is 4.07. The van der Waals surface area contributed by atoms with Crippen LogP contribution in [0.5, 0.6) is 11.6 Å². The van der Waals surface area contributed by atoms with Gasteiger partial charge in [-0.2, -0.15) is 0 Å². The second kappa shape index (κ2) is 16.1. The number of sulfonamides is 1. The highest BCUT2D eigenvalue weighted by molar-refractivity contribution is 7.91. The topological polar surface area (TPSA) is 195 Å². The Balaban J connectivity index is 1.24. The van der Waals surface area contributed by atoms with Crippen LogP contribution in [0.3, 0.4) is 0 Å². The maximum atomic E-state index is 14.8. The van der Waals surface area contributed by atoms with Crippen molar-refractivity contribution in [1.29, 1.82) is 0 Å². The first-order chi connectivity index (χ1) is 27.4. The number of nitrogens with one attached hydrogen (secondary N) is 3. The number of aromatic nitrogens is 2. The molecule has 0 spiro atoms. The van der Waals surface area contributed by atoms with Crippen molar-refractivity contribution in [2.75, 3.05) is 13.7 Å². The Hall–Kier alpha value is -4.28. The molecule has 3 heterocycles. The van der Waals surface area contributed by atoms with Gasteiger partial charge in [0.15, 0.2) is 0 Å². The number of ether oxygens (including phenoxy) is 3. The standard InChI is InChI=1S/C41H57FN6O9S/c1-22(42)12-13-25-20-41(25,38(51)47-58(53,54)27-15-16-27)46-35(49)33-23(2)32-21-48(33)37(50)34(40(3,4)5)45-39(52)57-31-18-24(31)10-8-7-9-11-29-36(56-32)44-30-19-26(55-6)14-17-28(30)43-29/h14,17,19,22-25,27,31-34H,7-13,15-16,18,20-21H2,1-6H3,(H,45,52)(H,46,49)(H,47,51)/t22?,23-,24-,25-,31-,32+,33+,34-,41-/m1/s1. The van der Waals surface area contributed by atoms with Gasteiger partial charge in [-0.25, -0.2) is 27.6 Å². The van der Waals surface area contributed by atoms with Crippen LogP contribution < -0.4 is 24.8 Å². The highest BCUT2D eigenvalue weighted by Gasteiger charge is 2.63. The number of carbonyl (C=O) groups is 4. The zero-order valence-corrected chi connectivity index (χ0v) is 35.0. The Labute approximate surface area is 339 Å². The number of rotatable bonds is 9. The molecule has 58 heavy (non-hydrogen) atoms. The molecule has 5 aliphatic rings. The SMILES string of the molecule is COc1ccc2nc3c(nc2c1)O[C@H]1CN(C(=O)[C@H](C(C)(C)C)NC(=O)O[C@@H]2C[C@H]2CCCCC3)[C@H](C(=O)N[C@]2(C(=O)NS(=O)(=O)C3CC3)C[C@H]2CCC(C)F)[C@@H]1C. The fourth-order valence-corrected chi connectivity index (χ4v) is 9.88. The summed E-state index contributed by atoms with van der Waals surface area (Å²) in [6.45, 7) is 8.49. The Kier molecular flexibility index (Phi) is 11.6. The highest BCUT2D eigenvalue weighted by Crippen LogP contribution is 2.48. The Bertz CT molecular complexity index is 2040. The number of hydrogen-bond donors (Lipinski definition) is 3. The van der Waals surface area contributed by atoms with Crippen LogP contribution in [0, 0.1) is 23.2 Å². The molecule has 3 aliphatic carbocycles. The van der Waals surface area contributed by atoms with E-state index in [0.717, 1.165) is 32.1 Å². The molecule has 1 unspecified atom stereocenters. The van der Waals surface area contributed by atoms with Gasteiger partial charge in [0.1, 0.15) is 41.3 Å². The minimum atomic E-state index is -3.97. The number of methoxy groups -OCH3 is 1. The number of amides is 4. The van der Waals surface area contributed by atoms with Crippen molar-refractivity contribution in [2.24, 2.45) is 23.2 Å². The molecule has 2 aromatic rings. The van der Waals surface area contributed by atoms with Crippen LogP contribution in [0.4, 0.5) is 9.18 Å². The summed E-state index contributed by atoms with van der Waals surface area (Å²) < 4.78 is 60.0. The smallest absolute Gasteiger partial charge is 0.408 e. The monoisotopic (exact) mass is 828 g/mol. The Morgan fingerprint density at radius 3 is 2.53 bits per heavy atom. The molecule has 3 saturated carbocycles. The van der Waals surface area contributed by atoms with E-state index in [4.69, 9.17) is 24.2 Å². The molecule has 1 saturated heterocycles. The largest absolute Gasteiger partial charge is 0.497 e. The van der Waals surface area contributed by atoms with Crippen molar-refractivity contribution < 1.29 is 46.2 Å². The van der Waals surface area contributed by atoms with E-state index in [0.29, 0.717) is 41.7 Å². The summed E-state index contributed by atoms with van der Waals surface area (Å²) in [4.78, 5) is 68.0. The van der Waals surface area contributed by atoms with Gasteiger partial charge in [-0.3, -0.25) is 19.1 Å². The quantitative estimate of drug-likeness (QED) is 0.322. The molecular formula is C41H57FN6O9S. The van der Waals surface area contributed by atoms with Crippen molar-refractivity contribution in [1.82, 2.24) is 30.2 Å². The maximum Gasteiger partial charge on any atom is 0.408 e. The first kappa shape index (κ1) is 41.9. The molecule has 2 bridgehead atoms. The number of halogens is 1. The second-order valence-electron chi connectivity index (χ2n) is 18.2. The van der Waals surface area contributed by atoms with Crippen molar-refractivity contribution in [3.8, 4) is 11.6 Å². The molecule has 1 aromatic heterocycles. The van der Waals surface area contributed by atoms with Gasteiger partial charge in [-0.05, 0) is 94.1 Å². The third-order valence-corrected chi connectivity index (χ3v) is 14.3. The third-order valence-electron chi connectivity index (χ3n) is 12.5. The van der Waals surface area contributed by atoms with Gasteiger partial charge in [0, 0.05) is 12.0 Å². The fraction of sp³-hybridized carbons (Fsp3) is 0.707. The van der Waals surface area contributed by atoms with Gasteiger partial charge >= 0.3 is 6.09 Å². The van der Waals surface area contributed by atoms with Gasteiger partial charge in [-0.15, -0.1) is 0 Å². The van der Waals surface area contributed by atoms with Crippen molar-refractivity contribution in [3.05, 3.63) is 23.9 Å². The molecule has 15 nitrogen and oxygen atoms in total. The third kappa shape index (κ3) is 8.98. The van der Waals surface area contributed by atoms with Crippen LogP contribution in [-0.2, 0) is 35.6 Å². The summed E-state index contributed by atoms with van der Waals surface area (Å²) in [5.74, 6) is -2.26. The van der Waals surface area contributed by atoms with Gasteiger partial charge in [-0.1, -0.05) is 40.5 Å². The second-order valence-corrected chi connectivity index (χ2v) is 20.1. The molecule has 1 aromatic carbocycles. The molecule has 0 radical (unpaired) electrons. The van der Waals surface area contributed by atoms with Crippen LogP contribution in [0.25, 0.3) is 11.0 Å². The number of fused-ring (bicyclic) bond motifs is 5. The number of hydrogen-bond acceptors (Lipinski definition) is 11. The van der Waals surface area contributed by atoms with Crippen molar-refractivity contribution in [3.63, 3.8) is 0 Å². The lowest BCUT2D eigenvalue weighted by atomic mass is 9.85. The molecule has 318 valence electrons.